The second-order valence-corrected chi connectivity index (χ2v) is 7.86. The van der Waals surface area contributed by atoms with Crippen LogP contribution in [-0.2, 0) is 10.0 Å². The molecular weight excluding hydrogens is 355 g/mol. The summed E-state index contributed by atoms with van der Waals surface area (Å²) in [5.74, 6) is -0.758. The van der Waals surface area contributed by atoms with Crippen molar-refractivity contribution < 1.29 is 17.6 Å². The quantitative estimate of drug-likeness (QED) is 0.839. The Morgan fingerprint density at radius 3 is 2.50 bits per heavy atom. The van der Waals surface area contributed by atoms with Crippen molar-refractivity contribution in [1.82, 2.24) is 9.62 Å². The lowest BCUT2D eigenvalue weighted by Crippen LogP contribution is -2.31. The van der Waals surface area contributed by atoms with Crippen LogP contribution in [-0.4, -0.2) is 32.8 Å². The maximum atomic E-state index is 14.0. The molecule has 0 saturated heterocycles. The van der Waals surface area contributed by atoms with Gasteiger partial charge in [-0.25, -0.2) is 17.5 Å². The number of halogens is 1. The lowest BCUT2D eigenvalue weighted by atomic mass is 10.0. The van der Waals surface area contributed by atoms with Gasteiger partial charge in [0.05, 0.1) is 10.9 Å². The van der Waals surface area contributed by atoms with Crippen LogP contribution in [0, 0.1) is 12.7 Å². The van der Waals surface area contributed by atoms with E-state index in [0.29, 0.717) is 11.1 Å². The Morgan fingerprint density at radius 1 is 1.23 bits per heavy atom. The zero-order chi connectivity index (χ0) is 19.5. The van der Waals surface area contributed by atoms with Crippen LogP contribution < -0.4 is 4.72 Å². The van der Waals surface area contributed by atoms with E-state index >= 15 is 0 Å². The zero-order valence-corrected chi connectivity index (χ0v) is 16.1. The fraction of sp³-hybridized carbons (Fsp3) is 0.316. The first kappa shape index (κ1) is 20.1. The van der Waals surface area contributed by atoms with E-state index in [-0.39, 0.29) is 28.7 Å². The van der Waals surface area contributed by atoms with Crippen LogP contribution in [0.25, 0.3) is 0 Å². The van der Waals surface area contributed by atoms with Crippen molar-refractivity contribution >= 4 is 15.9 Å². The molecule has 1 unspecified atom stereocenters. The van der Waals surface area contributed by atoms with Gasteiger partial charge in [0.1, 0.15) is 5.82 Å². The molecule has 7 heteroatoms. The number of benzene rings is 2. The van der Waals surface area contributed by atoms with Crippen LogP contribution in [0.5, 0.6) is 0 Å². The Kier molecular flexibility index (Phi) is 6.15. The first-order valence-corrected chi connectivity index (χ1v) is 9.79. The van der Waals surface area contributed by atoms with Gasteiger partial charge in [-0.05, 0) is 37.6 Å². The minimum absolute atomic E-state index is 0.0280. The molecule has 0 radical (unpaired) electrons. The largest absolute Gasteiger partial charge is 0.335 e. The Hall–Kier alpha value is -2.25. The standard InChI is InChI=1S/C19H23FN2O3S/c1-5-21-26(24,25)15-11-10-13(2)17(12-15)19(23)22(4)14(3)16-8-6-7-9-18(16)20/h6-12,14,21H,5H2,1-4H3. The molecule has 2 rings (SSSR count). The molecule has 140 valence electrons. The molecule has 0 aliphatic carbocycles. The number of nitrogens with zero attached hydrogens (tertiary/aromatic N) is 1. The maximum absolute atomic E-state index is 14.0. The molecule has 1 atom stereocenters. The van der Waals surface area contributed by atoms with E-state index in [4.69, 9.17) is 0 Å². The van der Waals surface area contributed by atoms with E-state index in [2.05, 4.69) is 4.72 Å². The smallest absolute Gasteiger partial charge is 0.254 e. The normalized spacial score (nSPS) is 12.7. The van der Waals surface area contributed by atoms with Crippen molar-refractivity contribution in [2.45, 2.75) is 31.7 Å². The third-order valence-electron chi connectivity index (χ3n) is 4.34. The highest BCUT2D eigenvalue weighted by Crippen LogP contribution is 2.25. The zero-order valence-electron chi connectivity index (χ0n) is 15.3. The summed E-state index contributed by atoms with van der Waals surface area (Å²) in [4.78, 5) is 14.4. The number of amides is 1. The van der Waals surface area contributed by atoms with Crippen molar-refractivity contribution in [1.29, 1.82) is 0 Å². The van der Waals surface area contributed by atoms with E-state index in [1.807, 2.05) is 0 Å². The van der Waals surface area contributed by atoms with Gasteiger partial charge in [0, 0.05) is 24.7 Å². The van der Waals surface area contributed by atoms with Crippen LogP contribution in [0.1, 0.15) is 41.4 Å². The number of aryl methyl sites for hydroxylation is 1. The summed E-state index contributed by atoms with van der Waals surface area (Å²) >= 11 is 0. The van der Waals surface area contributed by atoms with Crippen LogP contribution in [0.2, 0.25) is 0 Å². The average Bonchev–Trinajstić information content (AvgIpc) is 2.60. The van der Waals surface area contributed by atoms with Crippen LogP contribution in [0.3, 0.4) is 0 Å². The minimum atomic E-state index is -3.67. The first-order chi connectivity index (χ1) is 12.2. The van der Waals surface area contributed by atoms with Gasteiger partial charge < -0.3 is 4.90 Å². The summed E-state index contributed by atoms with van der Waals surface area (Å²) in [6.07, 6.45) is 0. The highest BCUT2D eigenvalue weighted by molar-refractivity contribution is 7.89. The van der Waals surface area contributed by atoms with E-state index < -0.39 is 16.1 Å². The third-order valence-corrected chi connectivity index (χ3v) is 5.88. The topological polar surface area (TPSA) is 66.5 Å². The molecular formula is C19H23FN2O3S. The molecule has 0 bridgehead atoms. The fourth-order valence-electron chi connectivity index (χ4n) is 2.66. The Morgan fingerprint density at radius 2 is 1.88 bits per heavy atom. The maximum Gasteiger partial charge on any atom is 0.254 e. The summed E-state index contributed by atoms with van der Waals surface area (Å²) in [5.41, 5.74) is 1.32. The number of carbonyl (C=O) groups is 1. The number of hydrogen-bond donors (Lipinski definition) is 1. The highest BCUT2D eigenvalue weighted by atomic mass is 32.2. The fourth-order valence-corrected chi connectivity index (χ4v) is 3.73. The molecule has 0 saturated carbocycles. The van der Waals surface area contributed by atoms with Crippen molar-refractivity contribution in [3.8, 4) is 0 Å². The van der Waals surface area contributed by atoms with E-state index in [9.17, 15) is 17.6 Å². The SMILES string of the molecule is CCNS(=O)(=O)c1ccc(C)c(C(=O)N(C)C(C)c2ccccc2F)c1. The highest BCUT2D eigenvalue weighted by Gasteiger charge is 2.24. The predicted octanol–water partition coefficient (Wildman–Crippen LogP) is 3.27. The van der Waals surface area contributed by atoms with E-state index in [1.54, 1.807) is 52.1 Å². The van der Waals surface area contributed by atoms with Crippen LogP contribution in [0.4, 0.5) is 4.39 Å². The lowest BCUT2D eigenvalue weighted by molar-refractivity contribution is 0.0739. The number of sulfonamides is 1. The van der Waals surface area contributed by atoms with Gasteiger partial charge in [-0.1, -0.05) is 31.2 Å². The van der Waals surface area contributed by atoms with E-state index in [1.165, 1.54) is 23.1 Å². The van der Waals surface area contributed by atoms with Crippen molar-refractivity contribution in [2.24, 2.45) is 0 Å². The van der Waals surface area contributed by atoms with E-state index in [0.717, 1.165) is 0 Å². The van der Waals surface area contributed by atoms with Crippen molar-refractivity contribution in [3.05, 3.63) is 65.0 Å². The second kappa shape index (κ2) is 7.97. The Labute approximate surface area is 153 Å². The predicted molar refractivity (Wildman–Crippen MR) is 99.0 cm³/mol. The van der Waals surface area contributed by atoms with Gasteiger partial charge in [-0.2, -0.15) is 0 Å². The third kappa shape index (κ3) is 4.11. The van der Waals surface area contributed by atoms with Crippen molar-refractivity contribution in [2.75, 3.05) is 13.6 Å². The lowest BCUT2D eigenvalue weighted by Gasteiger charge is -2.26. The van der Waals surface area contributed by atoms with Gasteiger partial charge in [0.15, 0.2) is 0 Å². The van der Waals surface area contributed by atoms with Crippen molar-refractivity contribution in [3.63, 3.8) is 0 Å². The summed E-state index contributed by atoms with van der Waals surface area (Å²) in [5, 5.41) is 0. The molecule has 5 nitrogen and oxygen atoms in total. The van der Waals surface area contributed by atoms with Gasteiger partial charge in [-0.3, -0.25) is 4.79 Å². The summed E-state index contributed by atoms with van der Waals surface area (Å²) in [6.45, 7) is 5.40. The molecule has 26 heavy (non-hydrogen) atoms. The average molecular weight is 378 g/mol. The van der Waals surface area contributed by atoms with Crippen LogP contribution >= 0.6 is 0 Å². The first-order valence-electron chi connectivity index (χ1n) is 8.31. The molecule has 0 aromatic heterocycles. The molecule has 2 aromatic rings. The molecule has 0 aliphatic heterocycles. The Balaban J connectivity index is 2.38. The molecule has 0 heterocycles. The molecule has 0 aliphatic rings. The number of rotatable bonds is 6. The van der Waals surface area contributed by atoms with Gasteiger partial charge >= 0.3 is 0 Å². The Bertz CT molecular complexity index is 913. The molecule has 2 aromatic carbocycles. The number of nitrogens with one attached hydrogen (secondary N) is 1. The molecule has 1 N–H and O–H groups in total. The molecule has 0 fully saturated rings. The van der Waals surface area contributed by atoms with Gasteiger partial charge in [0.25, 0.3) is 5.91 Å². The monoisotopic (exact) mass is 378 g/mol. The number of hydrogen-bond acceptors (Lipinski definition) is 3. The number of carbonyl (C=O) groups excluding carboxylic acids is 1. The van der Waals surface area contributed by atoms with Gasteiger partial charge in [0.2, 0.25) is 10.0 Å². The summed E-state index contributed by atoms with van der Waals surface area (Å²) in [6, 6.07) is 10.2. The summed E-state index contributed by atoms with van der Waals surface area (Å²) < 4.78 is 40.8. The van der Waals surface area contributed by atoms with Crippen LogP contribution in [0.15, 0.2) is 47.4 Å². The second-order valence-electron chi connectivity index (χ2n) is 6.09. The minimum Gasteiger partial charge on any atom is -0.335 e. The molecule has 1 amide bonds. The molecule has 0 spiro atoms. The van der Waals surface area contributed by atoms with Gasteiger partial charge in [-0.15, -0.1) is 0 Å². The summed E-state index contributed by atoms with van der Waals surface area (Å²) in [7, 11) is -2.09.